The summed E-state index contributed by atoms with van der Waals surface area (Å²) in [6.45, 7) is 9.28. The van der Waals surface area contributed by atoms with Crippen LogP contribution in [-0.2, 0) is 16.0 Å². The van der Waals surface area contributed by atoms with E-state index in [1.165, 1.54) is 0 Å². The Hall–Kier alpha value is -4.18. The topological polar surface area (TPSA) is 110 Å². The third-order valence-electron chi connectivity index (χ3n) is 6.33. The lowest BCUT2D eigenvalue weighted by Gasteiger charge is -2.27. The molecule has 10 heteroatoms. The molecule has 1 unspecified atom stereocenters. The maximum absolute atomic E-state index is 12.7. The molecule has 10 nitrogen and oxygen atoms in total. The Labute approximate surface area is 209 Å². The molecule has 1 aliphatic heterocycles. The highest BCUT2D eigenvalue weighted by Crippen LogP contribution is 2.39. The van der Waals surface area contributed by atoms with Crippen LogP contribution in [0.3, 0.4) is 0 Å². The molecule has 0 bridgehead atoms. The van der Waals surface area contributed by atoms with Crippen molar-refractivity contribution in [2.24, 2.45) is 0 Å². The number of esters is 1. The zero-order chi connectivity index (χ0) is 25.2. The van der Waals surface area contributed by atoms with E-state index in [-0.39, 0.29) is 12.3 Å². The molecule has 5 rings (SSSR count). The van der Waals surface area contributed by atoms with Crippen molar-refractivity contribution in [1.29, 1.82) is 0 Å². The first-order valence-electron chi connectivity index (χ1n) is 12.0. The highest BCUT2D eigenvalue weighted by molar-refractivity contribution is 6.00. The molecule has 0 fully saturated rings. The molecule has 2 N–H and O–H groups in total. The predicted octanol–water partition coefficient (Wildman–Crippen LogP) is 4.20. The summed E-state index contributed by atoms with van der Waals surface area (Å²) in [5.41, 5.74) is 7.34. The van der Waals surface area contributed by atoms with Gasteiger partial charge in [0.2, 0.25) is 12.2 Å². The van der Waals surface area contributed by atoms with Gasteiger partial charge in [-0.25, -0.2) is 4.79 Å². The Balaban J connectivity index is 1.47. The number of rotatable bonds is 8. The van der Waals surface area contributed by atoms with Gasteiger partial charge in [-0.3, -0.25) is 0 Å². The number of hydrogen-bond acceptors (Lipinski definition) is 8. The molecule has 0 saturated heterocycles. The molecule has 4 aromatic rings. The number of aryl methyl sites for hydroxylation is 1. The van der Waals surface area contributed by atoms with Crippen molar-refractivity contribution in [3.8, 4) is 17.2 Å². The van der Waals surface area contributed by atoms with Crippen LogP contribution in [0.5, 0.6) is 0 Å². The van der Waals surface area contributed by atoms with Crippen LogP contribution in [0.4, 0.5) is 11.4 Å². The van der Waals surface area contributed by atoms with E-state index >= 15 is 0 Å². The third kappa shape index (κ3) is 4.20. The van der Waals surface area contributed by atoms with E-state index < -0.39 is 0 Å². The second kappa shape index (κ2) is 9.82. The van der Waals surface area contributed by atoms with Crippen LogP contribution in [0.1, 0.15) is 41.0 Å². The average molecular weight is 488 g/mol. The van der Waals surface area contributed by atoms with E-state index in [2.05, 4.69) is 79.6 Å². The molecule has 0 saturated carbocycles. The van der Waals surface area contributed by atoms with Crippen LogP contribution < -0.4 is 10.2 Å². The van der Waals surface area contributed by atoms with Crippen LogP contribution in [0.2, 0.25) is 0 Å². The normalized spacial score (nSPS) is 14.6. The fourth-order valence-corrected chi connectivity index (χ4v) is 4.57. The first-order chi connectivity index (χ1) is 17.5. The summed E-state index contributed by atoms with van der Waals surface area (Å²) >= 11 is 0. The first-order valence-corrected chi connectivity index (χ1v) is 12.0. The van der Waals surface area contributed by atoms with E-state index in [9.17, 15) is 4.79 Å². The zero-order valence-electron chi connectivity index (χ0n) is 20.8. The highest BCUT2D eigenvalue weighted by atomic mass is 16.5. The Morgan fingerprint density at radius 1 is 1.08 bits per heavy atom. The molecule has 3 heterocycles. The number of aromatic amines is 1. The lowest BCUT2D eigenvalue weighted by molar-refractivity contribution is 0.0525. The minimum Gasteiger partial charge on any atom is -0.462 e. The van der Waals surface area contributed by atoms with Gasteiger partial charge in [0.15, 0.2) is 0 Å². The molecule has 0 aliphatic carbocycles. The number of para-hydroxylation sites is 1. The van der Waals surface area contributed by atoms with Crippen molar-refractivity contribution < 1.29 is 14.3 Å². The van der Waals surface area contributed by atoms with Crippen molar-refractivity contribution in [3.05, 3.63) is 70.9 Å². The van der Waals surface area contributed by atoms with E-state index in [0.717, 1.165) is 39.6 Å². The number of carbonyl (C=O) groups is 1. The van der Waals surface area contributed by atoms with Gasteiger partial charge in [-0.2, -0.15) is 5.21 Å². The number of aromatic nitrogens is 5. The monoisotopic (exact) mass is 487 g/mol. The summed E-state index contributed by atoms with van der Waals surface area (Å²) in [6.07, 6.45) is -0.389. The van der Waals surface area contributed by atoms with Gasteiger partial charge >= 0.3 is 5.97 Å². The van der Waals surface area contributed by atoms with Crippen LogP contribution in [0.15, 0.2) is 48.5 Å². The minimum absolute atomic E-state index is 0.316. The SMILES string of the molecule is CCOC(=O)c1cccc2c1N(Cc1ccc(-n3c(-c4nn[nH]n4)cc(C)c3C)cc1)C(OCC)N2. The smallest absolute Gasteiger partial charge is 0.340 e. The fraction of sp³-hybridized carbons (Fsp3) is 0.308. The maximum Gasteiger partial charge on any atom is 0.340 e. The van der Waals surface area contributed by atoms with Gasteiger partial charge in [0.05, 0.1) is 29.2 Å². The number of anilines is 2. The Kier molecular flexibility index (Phi) is 6.43. The van der Waals surface area contributed by atoms with Gasteiger partial charge in [0.25, 0.3) is 0 Å². The van der Waals surface area contributed by atoms with E-state index in [1.54, 1.807) is 13.0 Å². The molecular weight excluding hydrogens is 458 g/mol. The third-order valence-corrected chi connectivity index (χ3v) is 6.33. The maximum atomic E-state index is 12.7. The molecule has 0 amide bonds. The van der Waals surface area contributed by atoms with Crippen molar-refractivity contribution in [3.63, 3.8) is 0 Å². The number of nitrogens with one attached hydrogen (secondary N) is 2. The van der Waals surface area contributed by atoms with Gasteiger partial charge in [-0.1, -0.05) is 18.2 Å². The molecule has 1 aliphatic rings. The second-order valence-electron chi connectivity index (χ2n) is 8.54. The fourth-order valence-electron chi connectivity index (χ4n) is 4.57. The first kappa shape index (κ1) is 23.6. The predicted molar refractivity (Wildman–Crippen MR) is 136 cm³/mol. The molecule has 0 radical (unpaired) electrons. The standard InChI is InChI=1S/C26H29N7O3/c1-5-35-25(34)20-8-7-9-21-23(20)32(26(27-21)36-6-2)15-18-10-12-19(13-11-18)33-17(4)16(3)14-22(33)24-28-30-31-29-24/h7-14,26-27H,5-6,15H2,1-4H3,(H,28,29,30,31). The summed E-state index contributed by atoms with van der Waals surface area (Å²) in [7, 11) is 0. The van der Waals surface area contributed by atoms with Gasteiger partial charge in [-0.05, 0) is 74.4 Å². The second-order valence-corrected chi connectivity index (χ2v) is 8.54. The Morgan fingerprint density at radius 2 is 1.89 bits per heavy atom. The Bertz CT molecular complexity index is 1360. The molecule has 2 aromatic heterocycles. The molecule has 2 aromatic carbocycles. The summed E-state index contributed by atoms with van der Waals surface area (Å²) < 4.78 is 13.4. The largest absolute Gasteiger partial charge is 0.462 e. The van der Waals surface area contributed by atoms with Crippen molar-refractivity contribution in [2.75, 3.05) is 23.4 Å². The van der Waals surface area contributed by atoms with Crippen LogP contribution in [-0.4, -0.2) is 50.7 Å². The number of ether oxygens (including phenoxy) is 2. The van der Waals surface area contributed by atoms with Crippen molar-refractivity contribution in [2.45, 2.75) is 40.6 Å². The van der Waals surface area contributed by atoms with Gasteiger partial charge in [0.1, 0.15) is 0 Å². The van der Waals surface area contributed by atoms with Gasteiger partial charge < -0.3 is 24.3 Å². The van der Waals surface area contributed by atoms with E-state index in [1.807, 2.05) is 19.1 Å². The summed E-state index contributed by atoms with van der Waals surface area (Å²) in [5.74, 6) is 0.196. The lowest BCUT2D eigenvalue weighted by atomic mass is 10.1. The van der Waals surface area contributed by atoms with Crippen LogP contribution in [0, 0.1) is 13.8 Å². The molecule has 36 heavy (non-hydrogen) atoms. The highest BCUT2D eigenvalue weighted by Gasteiger charge is 2.33. The summed E-state index contributed by atoms with van der Waals surface area (Å²) in [4.78, 5) is 14.8. The summed E-state index contributed by atoms with van der Waals surface area (Å²) in [5, 5.41) is 17.9. The number of tetrazole rings is 1. The van der Waals surface area contributed by atoms with Crippen LogP contribution >= 0.6 is 0 Å². The number of hydrogen-bond donors (Lipinski definition) is 2. The Morgan fingerprint density at radius 3 is 2.58 bits per heavy atom. The quantitative estimate of drug-likeness (QED) is 0.356. The number of nitrogens with zero attached hydrogens (tertiary/aromatic N) is 5. The van der Waals surface area contributed by atoms with Gasteiger partial charge in [-0.15, -0.1) is 10.2 Å². The zero-order valence-corrected chi connectivity index (χ0v) is 20.8. The molecular formula is C26H29N7O3. The number of benzene rings is 2. The van der Waals surface area contributed by atoms with Gasteiger partial charge in [0, 0.05) is 24.5 Å². The van der Waals surface area contributed by atoms with Crippen molar-refractivity contribution in [1.82, 2.24) is 25.2 Å². The van der Waals surface area contributed by atoms with E-state index in [4.69, 9.17) is 9.47 Å². The minimum atomic E-state index is -0.389. The number of carbonyl (C=O) groups excluding carboxylic acids is 1. The molecule has 1 atom stereocenters. The van der Waals surface area contributed by atoms with Crippen molar-refractivity contribution >= 4 is 17.3 Å². The average Bonchev–Trinajstić information content (AvgIpc) is 3.59. The molecule has 0 spiro atoms. The summed E-state index contributed by atoms with van der Waals surface area (Å²) in [6, 6.07) is 16.0. The number of fused-ring (bicyclic) bond motifs is 1. The van der Waals surface area contributed by atoms with E-state index in [0.29, 0.717) is 31.1 Å². The number of H-pyrrole nitrogens is 1. The molecule has 186 valence electrons. The lowest BCUT2D eigenvalue weighted by Crippen LogP contribution is -2.38. The van der Waals surface area contributed by atoms with Crippen LogP contribution in [0.25, 0.3) is 17.2 Å².